The Morgan fingerprint density at radius 2 is 2.11 bits per heavy atom. The Morgan fingerprint density at radius 1 is 1.50 bits per heavy atom. The summed E-state index contributed by atoms with van der Waals surface area (Å²) in [5, 5.41) is 11.9. The third kappa shape index (κ3) is 3.48. The molecule has 1 aliphatic carbocycles. The molecule has 2 atom stereocenters. The minimum Gasteiger partial charge on any atom is -0.481 e. The van der Waals surface area contributed by atoms with E-state index in [1.165, 1.54) is 0 Å². The Kier molecular flexibility index (Phi) is 4.04. The van der Waals surface area contributed by atoms with Gasteiger partial charge in [-0.2, -0.15) is 0 Å². The number of alkyl carbamates (subject to hydrolysis) is 1. The third-order valence-electron chi connectivity index (χ3n) is 2.99. The molecule has 5 heteroatoms. The number of ether oxygens (including phenoxy) is 1. The number of carbonyl (C=O) groups excluding carboxylic acids is 1. The maximum atomic E-state index is 11.6. The second kappa shape index (κ2) is 5.00. The fourth-order valence-corrected chi connectivity index (χ4v) is 1.96. The number of hydrogen-bond donors (Lipinski definition) is 2. The summed E-state index contributed by atoms with van der Waals surface area (Å²) in [5.74, 6) is -0.852. The monoisotopic (exact) mass is 255 g/mol. The van der Waals surface area contributed by atoms with E-state index in [4.69, 9.17) is 4.74 Å². The normalized spacial score (nSPS) is 27.0. The number of amides is 1. The van der Waals surface area contributed by atoms with Crippen molar-refractivity contribution in [2.24, 2.45) is 5.41 Å². The SMILES string of the molecule is CC[C@@]1(C(=O)O)C=C[C@H](NC(=O)OC(C)(C)C)C1. The van der Waals surface area contributed by atoms with E-state index in [0.717, 1.165) is 0 Å². The first-order chi connectivity index (χ1) is 8.18. The van der Waals surface area contributed by atoms with Crippen molar-refractivity contribution >= 4 is 12.1 Å². The molecule has 0 saturated carbocycles. The quantitative estimate of drug-likeness (QED) is 0.759. The van der Waals surface area contributed by atoms with Crippen molar-refractivity contribution < 1.29 is 19.4 Å². The molecule has 0 aliphatic heterocycles. The number of rotatable bonds is 3. The van der Waals surface area contributed by atoms with Crippen molar-refractivity contribution in [2.75, 3.05) is 0 Å². The van der Waals surface area contributed by atoms with Crippen LogP contribution in [0.5, 0.6) is 0 Å². The first kappa shape index (κ1) is 14.5. The number of aliphatic carboxylic acids is 1. The Bertz CT molecular complexity index is 370. The number of carboxylic acids is 1. The molecule has 5 nitrogen and oxygen atoms in total. The second-order valence-corrected chi connectivity index (χ2v) is 5.63. The molecule has 0 heterocycles. The zero-order chi connectivity index (χ0) is 14.0. The van der Waals surface area contributed by atoms with Crippen molar-refractivity contribution in [1.29, 1.82) is 0 Å². The van der Waals surface area contributed by atoms with Crippen molar-refractivity contribution in [2.45, 2.75) is 52.2 Å². The highest BCUT2D eigenvalue weighted by Crippen LogP contribution is 2.35. The van der Waals surface area contributed by atoms with Gasteiger partial charge in [-0.15, -0.1) is 0 Å². The van der Waals surface area contributed by atoms with E-state index >= 15 is 0 Å². The highest BCUT2D eigenvalue weighted by atomic mass is 16.6. The number of nitrogens with one attached hydrogen (secondary N) is 1. The van der Waals surface area contributed by atoms with Crippen molar-refractivity contribution in [1.82, 2.24) is 5.32 Å². The van der Waals surface area contributed by atoms with Gasteiger partial charge in [-0.3, -0.25) is 4.79 Å². The fraction of sp³-hybridized carbons (Fsp3) is 0.692. The molecule has 0 fully saturated rings. The van der Waals surface area contributed by atoms with Crippen LogP contribution < -0.4 is 5.32 Å². The second-order valence-electron chi connectivity index (χ2n) is 5.63. The predicted octanol–water partition coefficient (Wildman–Crippen LogP) is 2.32. The summed E-state index contributed by atoms with van der Waals surface area (Å²) in [6, 6.07) is -0.282. The van der Waals surface area contributed by atoms with Gasteiger partial charge in [-0.05, 0) is 33.6 Å². The van der Waals surface area contributed by atoms with Crippen LogP contribution in [-0.4, -0.2) is 28.8 Å². The topological polar surface area (TPSA) is 75.6 Å². The minimum atomic E-state index is -0.861. The van der Waals surface area contributed by atoms with Crippen LogP contribution in [0.4, 0.5) is 4.79 Å². The number of carboxylic acid groups (broad SMARTS) is 1. The van der Waals surface area contributed by atoms with E-state index in [-0.39, 0.29) is 6.04 Å². The molecule has 0 saturated heterocycles. The molecule has 102 valence electrons. The molecule has 0 bridgehead atoms. The van der Waals surface area contributed by atoms with Gasteiger partial charge in [0, 0.05) is 0 Å². The van der Waals surface area contributed by atoms with E-state index in [1.54, 1.807) is 32.9 Å². The van der Waals surface area contributed by atoms with Crippen LogP contribution in [0.3, 0.4) is 0 Å². The highest BCUT2D eigenvalue weighted by Gasteiger charge is 2.40. The largest absolute Gasteiger partial charge is 0.481 e. The van der Waals surface area contributed by atoms with Gasteiger partial charge >= 0.3 is 12.1 Å². The predicted molar refractivity (Wildman–Crippen MR) is 67.3 cm³/mol. The van der Waals surface area contributed by atoms with Crippen LogP contribution in [0.15, 0.2) is 12.2 Å². The minimum absolute atomic E-state index is 0.282. The molecule has 0 radical (unpaired) electrons. The Labute approximate surface area is 107 Å². The molecule has 1 rings (SSSR count). The van der Waals surface area contributed by atoms with Gasteiger partial charge in [0.15, 0.2) is 0 Å². The lowest BCUT2D eigenvalue weighted by atomic mass is 9.84. The number of carbonyl (C=O) groups is 2. The van der Waals surface area contributed by atoms with Crippen molar-refractivity contribution in [3.8, 4) is 0 Å². The molecule has 0 aromatic carbocycles. The van der Waals surface area contributed by atoms with Gasteiger partial charge in [0.05, 0.1) is 11.5 Å². The van der Waals surface area contributed by atoms with Crippen LogP contribution in [-0.2, 0) is 9.53 Å². The average Bonchev–Trinajstić information content (AvgIpc) is 2.59. The molecule has 2 N–H and O–H groups in total. The smallest absolute Gasteiger partial charge is 0.408 e. The first-order valence-corrected chi connectivity index (χ1v) is 6.11. The van der Waals surface area contributed by atoms with Crippen molar-refractivity contribution in [3.05, 3.63) is 12.2 Å². The fourth-order valence-electron chi connectivity index (χ4n) is 1.96. The van der Waals surface area contributed by atoms with Gasteiger partial charge in [0.2, 0.25) is 0 Å². The van der Waals surface area contributed by atoms with Crippen molar-refractivity contribution in [3.63, 3.8) is 0 Å². The average molecular weight is 255 g/mol. The third-order valence-corrected chi connectivity index (χ3v) is 2.99. The first-order valence-electron chi connectivity index (χ1n) is 6.11. The lowest BCUT2D eigenvalue weighted by Gasteiger charge is -2.24. The van der Waals surface area contributed by atoms with Crippen LogP contribution in [0.2, 0.25) is 0 Å². The Morgan fingerprint density at radius 3 is 2.50 bits per heavy atom. The van der Waals surface area contributed by atoms with E-state index < -0.39 is 23.1 Å². The summed E-state index contributed by atoms with van der Waals surface area (Å²) >= 11 is 0. The van der Waals surface area contributed by atoms with Gasteiger partial charge in [-0.25, -0.2) is 4.79 Å². The van der Waals surface area contributed by atoms with E-state index in [2.05, 4.69) is 5.32 Å². The maximum absolute atomic E-state index is 11.6. The van der Waals surface area contributed by atoms with E-state index in [1.807, 2.05) is 6.92 Å². The molecule has 0 spiro atoms. The molecule has 1 amide bonds. The molecule has 0 unspecified atom stereocenters. The summed E-state index contributed by atoms with van der Waals surface area (Å²) in [4.78, 5) is 22.8. The standard InChI is InChI=1S/C13H21NO4/c1-5-13(10(15)16)7-6-9(8-13)14-11(17)18-12(2,3)4/h6-7,9H,5,8H2,1-4H3,(H,14,17)(H,15,16)/t9-,13+/m0/s1. The lowest BCUT2D eigenvalue weighted by Crippen LogP contribution is -2.39. The lowest BCUT2D eigenvalue weighted by molar-refractivity contribution is -0.146. The van der Waals surface area contributed by atoms with E-state index in [0.29, 0.717) is 12.8 Å². The van der Waals surface area contributed by atoms with Crippen LogP contribution in [0.25, 0.3) is 0 Å². The molecule has 0 aromatic heterocycles. The van der Waals surface area contributed by atoms with Crippen LogP contribution in [0.1, 0.15) is 40.5 Å². The molecular weight excluding hydrogens is 234 g/mol. The van der Waals surface area contributed by atoms with Gasteiger partial charge < -0.3 is 15.2 Å². The highest BCUT2D eigenvalue weighted by molar-refractivity contribution is 5.78. The van der Waals surface area contributed by atoms with Gasteiger partial charge in [0.1, 0.15) is 5.60 Å². The van der Waals surface area contributed by atoms with Gasteiger partial charge in [0.25, 0.3) is 0 Å². The zero-order valence-electron chi connectivity index (χ0n) is 11.3. The summed E-state index contributed by atoms with van der Waals surface area (Å²) in [6.07, 6.45) is 3.75. The molecular formula is C13H21NO4. The van der Waals surface area contributed by atoms with Crippen LogP contribution >= 0.6 is 0 Å². The number of hydrogen-bond acceptors (Lipinski definition) is 3. The summed E-state index contributed by atoms with van der Waals surface area (Å²) in [5.41, 5.74) is -1.42. The zero-order valence-corrected chi connectivity index (χ0v) is 11.3. The van der Waals surface area contributed by atoms with E-state index in [9.17, 15) is 14.7 Å². The summed E-state index contributed by atoms with van der Waals surface area (Å²) in [7, 11) is 0. The molecule has 18 heavy (non-hydrogen) atoms. The van der Waals surface area contributed by atoms with Gasteiger partial charge in [-0.1, -0.05) is 19.1 Å². The summed E-state index contributed by atoms with van der Waals surface area (Å²) < 4.78 is 5.13. The molecule has 0 aromatic rings. The van der Waals surface area contributed by atoms with Crippen LogP contribution in [0, 0.1) is 5.41 Å². The summed E-state index contributed by atoms with van der Waals surface area (Å²) in [6.45, 7) is 7.17. The molecule has 1 aliphatic rings. The Hall–Kier alpha value is -1.52. The Balaban J connectivity index is 2.57. The maximum Gasteiger partial charge on any atom is 0.408 e.